The highest BCUT2D eigenvalue weighted by atomic mass is 19.4. The molecule has 2 N–H and O–H groups in total. The molecule has 0 aromatic carbocycles. The highest BCUT2D eigenvalue weighted by molar-refractivity contribution is 5.56. The van der Waals surface area contributed by atoms with Gasteiger partial charge in [-0.05, 0) is 0 Å². The van der Waals surface area contributed by atoms with E-state index in [0.29, 0.717) is 0 Å². The second-order valence-electron chi connectivity index (χ2n) is 1.08. The smallest absolute Gasteiger partial charge is 0.412 e. The third kappa shape index (κ3) is 3.89. The lowest BCUT2D eigenvalue weighted by Gasteiger charge is -2.02. The standard InChI is InChI=1S/C3H2F4O.H2O/c4-2(1-8)3(5,6)7;/h1-2H;1H2. The predicted octanol–water partition coefficient (Wildman–Crippen LogP) is 0.261. The zero-order chi connectivity index (χ0) is 6.78. The molecule has 0 aromatic heterocycles. The molecule has 0 rings (SSSR count). The molecule has 0 aliphatic carbocycles. The maximum Gasteiger partial charge on any atom is 0.426 e. The number of hydrogen-bond acceptors (Lipinski definition) is 1. The van der Waals surface area contributed by atoms with Crippen LogP contribution in [-0.2, 0) is 4.79 Å². The van der Waals surface area contributed by atoms with Gasteiger partial charge in [0.15, 0.2) is 6.29 Å². The SMILES string of the molecule is O.O=CC(F)C(F)(F)F. The van der Waals surface area contributed by atoms with E-state index in [4.69, 9.17) is 4.79 Å². The molecule has 6 heteroatoms. The van der Waals surface area contributed by atoms with Crippen LogP contribution in [0.25, 0.3) is 0 Å². The fraction of sp³-hybridized carbons (Fsp3) is 0.667. The van der Waals surface area contributed by atoms with Crippen LogP contribution >= 0.6 is 0 Å². The molecule has 0 fully saturated rings. The van der Waals surface area contributed by atoms with Gasteiger partial charge in [-0.15, -0.1) is 0 Å². The molecule has 2 nitrogen and oxygen atoms in total. The van der Waals surface area contributed by atoms with Gasteiger partial charge in [-0.2, -0.15) is 13.2 Å². The van der Waals surface area contributed by atoms with Crippen molar-refractivity contribution < 1.29 is 27.8 Å². The van der Waals surface area contributed by atoms with E-state index in [-0.39, 0.29) is 5.48 Å². The molecule has 0 aliphatic rings. The monoisotopic (exact) mass is 148 g/mol. The summed E-state index contributed by atoms with van der Waals surface area (Å²) in [5.74, 6) is 0. The van der Waals surface area contributed by atoms with Crippen LogP contribution in [0.15, 0.2) is 0 Å². The van der Waals surface area contributed by atoms with Crippen molar-refractivity contribution in [1.82, 2.24) is 0 Å². The summed E-state index contributed by atoms with van der Waals surface area (Å²) in [5.41, 5.74) is 0. The van der Waals surface area contributed by atoms with Crippen molar-refractivity contribution in [2.45, 2.75) is 12.3 Å². The zero-order valence-electron chi connectivity index (χ0n) is 4.07. The Kier molecular flexibility index (Phi) is 4.21. The lowest BCUT2D eigenvalue weighted by atomic mass is 10.4. The Bertz CT molecular complexity index is 88.3. The zero-order valence-corrected chi connectivity index (χ0v) is 4.07. The first-order valence-corrected chi connectivity index (χ1v) is 1.64. The second-order valence-corrected chi connectivity index (χ2v) is 1.08. The van der Waals surface area contributed by atoms with Crippen molar-refractivity contribution in [3.05, 3.63) is 0 Å². The minimum absolute atomic E-state index is 0. The van der Waals surface area contributed by atoms with E-state index in [1.54, 1.807) is 0 Å². The Morgan fingerprint density at radius 2 is 1.67 bits per heavy atom. The summed E-state index contributed by atoms with van der Waals surface area (Å²) < 4.78 is 43.7. The van der Waals surface area contributed by atoms with Gasteiger partial charge < -0.3 is 5.48 Å². The van der Waals surface area contributed by atoms with Crippen molar-refractivity contribution in [1.29, 1.82) is 0 Å². The molecule has 1 unspecified atom stereocenters. The first kappa shape index (κ1) is 11.2. The third-order valence-electron chi connectivity index (χ3n) is 0.432. The van der Waals surface area contributed by atoms with Gasteiger partial charge in [0.2, 0.25) is 6.17 Å². The van der Waals surface area contributed by atoms with E-state index < -0.39 is 18.6 Å². The van der Waals surface area contributed by atoms with Gasteiger partial charge in [0.25, 0.3) is 0 Å². The maximum atomic E-state index is 11.1. The largest absolute Gasteiger partial charge is 0.426 e. The number of carbonyl (C=O) groups excluding carboxylic acids is 1. The van der Waals surface area contributed by atoms with E-state index >= 15 is 0 Å². The summed E-state index contributed by atoms with van der Waals surface area (Å²) in [6.45, 7) is 0. The summed E-state index contributed by atoms with van der Waals surface area (Å²) in [7, 11) is 0. The third-order valence-corrected chi connectivity index (χ3v) is 0.432. The summed E-state index contributed by atoms with van der Waals surface area (Å²) >= 11 is 0. The Labute approximate surface area is 47.8 Å². The molecule has 0 bridgehead atoms. The Morgan fingerprint density at radius 1 is 1.33 bits per heavy atom. The maximum absolute atomic E-state index is 11.1. The highest BCUT2D eigenvalue weighted by Gasteiger charge is 2.39. The van der Waals surface area contributed by atoms with Crippen molar-refractivity contribution in [3.8, 4) is 0 Å². The minimum Gasteiger partial charge on any atom is -0.412 e. The van der Waals surface area contributed by atoms with E-state index in [2.05, 4.69) is 0 Å². The number of aldehydes is 1. The molecular weight excluding hydrogens is 144 g/mol. The normalized spacial score (nSPS) is 13.8. The Hall–Kier alpha value is -0.650. The van der Waals surface area contributed by atoms with Gasteiger partial charge in [0.1, 0.15) is 0 Å². The summed E-state index contributed by atoms with van der Waals surface area (Å²) in [4.78, 5) is 9.06. The molecule has 0 radical (unpaired) electrons. The molecule has 0 aliphatic heterocycles. The van der Waals surface area contributed by atoms with Crippen molar-refractivity contribution >= 4 is 6.29 Å². The molecule has 0 saturated carbocycles. The fourth-order valence-corrected chi connectivity index (χ4v) is 0.0772. The van der Waals surface area contributed by atoms with Crippen LogP contribution in [-0.4, -0.2) is 24.1 Å². The van der Waals surface area contributed by atoms with Gasteiger partial charge in [-0.3, -0.25) is 4.79 Å². The molecule has 0 spiro atoms. The van der Waals surface area contributed by atoms with Gasteiger partial charge in [0.05, 0.1) is 0 Å². The van der Waals surface area contributed by atoms with Gasteiger partial charge in [-0.1, -0.05) is 0 Å². The molecule has 56 valence electrons. The molecule has 0 aromatic rings. The highest BCUT2D eigenvalue weighted by Crippen LogP contribution is 2.20. The average Bonchev–Trinajstić information content (AvgIpc) is 1.62. The predicted molar refractivity (Wildman–Crippen MR) is 20.6 cm³/mol. The lowest BCUT2D eigenvalue weighted by Crippen LogP contribution is -2.25. The van der Waals surface area contributed by atoms with Crippen LogP contribution in [0.5, 0.6) is 0 Å². The summed E-state index contributed by atoms with van der Waals surface area (Å²) in [5, 5.41) is 0. The minimum atomic E-state index is -5.03. The molecule has 9 heavy (non-hydrogen) atoms. The Balaban J connectivity index is 0. The Morgan fingerprint density at radius 3 is 1.67 bits per heavy atom. The number of hydrogen-bond donors (Lipinski definition) is 0. The first-order chi connectivity index (χ1) is 3.48. The van der Waals surface area contributed by atoms with E-state index in [1.807, 2.05) is 0 Å². The van der Waals surface area contributed by atoms with Crippen molar-refractivity contribution in [2.24, 2.45) is 0 Å². The molecular formula is C3H4F4O2. The van der Waals surface area contributed by atoms with Gasteiger partial charge >= 0.3 is 6.18 Å². The van der Waals surface area contributed by atoms with Crippen molar-refractivity contribution in [3.63, 3.8) is 0 Å². The first-order valence-electron chi connectivity index (χ1n) is 1.64. The quantitative estimate of drug-likeness (QED) is 0.388. The summed E-state index contributed by atoms with van der Waals surface area (Å²) in [6.07, 6.45) is -9.15. The number of rotatable bonds is 1. The molecule has 0 heterocycles. The van der Waals surface area contributed by atoms with Crippen LogP contribution in [0.2, 0.25) is 0 Å². The fourth-order valence-electron chi connectivity index (χ4n) is 0.0772. The molecule has 0 saturated heterocycles. The lowest BCUT2D eigenvalue weighted by molar-refractivity contribution is -0.178. The van der Waals surface area contributed by atoms with Crippen LogP contribution in [0.1, 0.15) is 0 Å². The van der Waals surface area contributed by atoms with Gasteiger partial charge in [-0.25, -0.2) is 4.39 Å². The van der Waals surface area contributed by atoms with Crippen molar-refractivity contribution in [2.75, 3.05) is 0 Å². The second kappa shape index (κ2) is 3.39. The van der Waals surface area contributed by atoms with E-state index in [1.165, 1.54) is 0 Å². The van der Waals surface area contributed by atoms with Crippen LogP contribution in [0, 0.1) is 0 Å². The number of halogens is 4. The molecule has 0 amide bonds. The van der Waals surface area contributed by atoms with Crippen LogP contribution < -0.4 is 0 Å². The molecule has 1 atom stereocenters. The van der Waals surface area contributed by atoms with Gasteiger partial charge in [0, 0.05) is 0 Å². The number of carbonyl (C=O) groups is 1. The summed E-state index contributed by atoms with van der Waals surface area (Å²) in [6, 6.07) is 0. The van der Waals surface area contributed by atoms with Crippen LogP contribution in [0.3, 0.4) is 0 Å². The van der Waals surface area contributed by atoms with E-state index in [9.17, 15) is 17.6 Å². The average molecular weight is 148 g/mol. The van der Waals surface area contributed by atoms with Crippen LogP contribution in [0.4, 0.5) is 17.6 Å². The topological polar surface area (TPSA) is 48.6 Å². The number of alkyl halides is 4. The van der Waals surface area contributed by atoms with E-state index in [0.717, 1.165) is 0 Å².